The molecule has 1 aromatic rings. The van der Waals surface area contributed by atoms with Crippen molar-refractivity contribution < 1.29 is 9.84 Å². The zero-order valence-electron chi connectivity index (χ0n) is 12.1. The molecule has 1 aliphatic heterocycles. The Kier molecular flexibility index (Phi) is 4.91. The summed E-state index contributed by atoms with van der Waals surface area (Å²) >= 11 is 6.33. The van der Waals surface area contributed by atoms with Crippen molar-refractivity contribution in [3.63, 3.8) is 0 Å². The highest BCUT2D eigenvalue weighted by atomic mass is 35.5. The second-order valence-corrected chi connectivity index (χ2v) is 6.10. The Hall–Kier alpha value is -0.810. The van der Waals surface area contributed by atoms with Crippen LogP contribution in [-0.4, -0.2) is 37.5 Å². The highest BCUT2D eigenvalue weighted by molar-refractivity contribution is 6.33. The van der Waals surface area contributed by atoms with Gasteiger partial charge in [-0.1, -0.05) is 17.7 Å². The molecule has 0 spiro atoms. The molecule has 1 atom stereocenters. The molecule has 20 heavy (non-hydrogen) atoms. The molecule has 1 heterocycles. The summed E-state index contributed by atoms with van der Waals surface area (Å²) < 4.78 is 5.30. The van der Waals surface area contributed by atoms with Crippen molar-refractivity contribution in [2.24, 2.45) is 5.73 Å². The Morgan fingerprint density at radius 3 is 2.65 bits per heavy atom. The summed E-state index contributed by atoms with van der Waals surface area (Å²) in [5, 5.41) is 11.2. The molecule has 1 fully saturated rings. The number of aliphatic hydroxyl groups is 1. The van der Waals surface area contributed by atoms with Crippen molar-refractivity contribution in [3.05, 3.63) is 28.8 Å². The topological polar surface area (TPSA) is 58.7 Å². The molecule has 2 rings (SSSR count). The average Bonchev–Trinajstić information content (AvgIpc) is 2.38. The summed E-state index contributed by atoms with van der Waals surface area (Å²) in [6.07, 6.45) is 1.32. The Bertz CT molecular complexity index is 459. The molecule has 3 N–H and O–H groups in total. The van der Waals surface area contributed by atoms with Crippen LogP contribution >= 0.6 is 11.6 Å². The van der Waals surface area contributed by atoms with E-state index in [2.05, 4.69) is 0 Å². The number of anilines is 1. The van der Waals surface area contributed by atoms with Gasteiger partial charge in [0.25, 0.3) is 0 Å². The number of likely N-dealkylation sites (N-methyl/N-ethyl adjacent to an activating group) is 1. The number of ether oxygens (including phenoxy) is 1. The number of nitrogens with two attached hydrogens (primary N) is 1. The maximum Gasteiger partial charge on any atom is 0.0865 e. The second-order valence-electron chi connectivity index (χ2n) is 5.69. The molecular weight excluding hydrogens is 276 g/mol. The van der Waals surface area contributed by atoms with Gasteiger partial charge in [-0.15, -0.1) is 0 Å². The zero-order valence-corrected chi connectivity index (χ0v) is 12.9. The molecule has 0 radical (unpaired) electrons. The van der Waals surface area contributed by atoms with Crippen LogP contribution in [0.3, 0.4) is 0 Å². The maximum absolute atomic E-state index is 10.6. The lowest BCUT2D eigenvalue weighted by Gasteiger charge is -2.36. The molecule has 1 aromatic carbocycles. The van der Waals surface area contributed by atoms with Crippen molar-refractivity contribution >= 4 is 17.3 Å². The van der Waals surface area contributed by atoms with Gasteiger partial charge in [0.05, 0.1) is 16.3 Å². The molecule has 4 nitrogen and oxygen atoms in total. The third-order valence-electron chi connectivity index (χ3n) is 3.86. The van der Waals surface area contributed by atoms with Gasteiger partial charge >= 0.3 is 0 Å². The van der Waals surface area contributed by atoms with Crippen LogP contribution in [0.25, 0.3) is 0 Å². The van der Waals surface area contributed by atoms with Gasteiger partial charge in [-0.3, -0.25) is 0 Å². The van der Waals surface area contributed by atoms with Crippen molar-refractivity contribution in [1.29, 1.82) is 0 Å². The second kappa shape index (κ2) is 6.31. The molecule has 0 bridgehead atoms. The number of hydrogen-bond donors (Lipinski definition) is 2. The van der Waals surface area contributed by atoms with Crippen molar-refractivity contribution in [3.8, 4) is 0 Å². The molecule has 1 aliphatic rings. The first-order valence-corrected chi connectivity index (χ1v) is 7.35. The third-order valence-corrected chi connectivity index (χ3v) is 4.17. The standard InChI is InChI=1S/C15H23ClN2O2/c1-11(17)12-3-4-14(13(16)9-12)18(2)10-15(19)5-7-20-8-6-15/h3-4,9,11,19H,5-8,10,17H2,1-2H3/t11-/m1/s1. The quantitative estimate of drug-likeness (QED) is 0.896. The summed E-state index contributed by atoms with van der Waals surface area (Å²) in [6.45, 7) is 3.71. The number of halogens is 1. The highest BCUT2D eigenvalue weighted by Crippen LogP contribution is 2.30. The molecule has 0 saturated carbocycles. The molecule has 0 unspecified atom stereocenters. The summed E-state index contributed by atoms with van der Waals surface area (Å²) in [4.78, 5) is 2.00. The highest BCUT2D eigenvalue weighted by Gasteiger charge is 2.31. The van der Waals surface area contributed by atoms with Crippen LogP contribution in [0.5, 0.6) is 0 Å². The van der Waals surface area contributed by atoms with Crippen LogP contribution in [0.1, 0.15) is 31.4 Å². The fourth-order valence-corrected chi connectivity index (χ4v) is 2.89. The van der Waals surface area contributed by atoms with Gasteiger partial charge < -0.3 is 20.5 Å². The first-order chi connectivity index (χ1) is 9.41. The minimum absolute atomic E-state index is 0.0356. The first-order valence-electron chi connectivity index (χ1n) is 6.98. The van der Waals surface area contributed by atoms with Gasteiger partial charge in [-0.25, -0.2) is 0 Å². The van der Waals surface area contributed by atoms with Crippen molar-refractivity contribution in [2.75, 3.05) is 31.7 Å². The van der Waals surface area contributed by atoms with E-state index < -0.39 is 5.60 Å². The minimum atomic E-state index is -0.698. The van der Waals surface area contributed by atoms with Crippen LogP contribution in [0, 0.1) is 0 Å². The van der Waals surface area contributed by atoms with Gasteiger partial charge in [-0.2, -0.15) is 0 Å². The van der Waals surface area contributed by atoms with Gasteiger partial charge in [0, 0.05) is 45.7 Å². The van der Waals surface area contributed by atoms with E-state index in [-0.39, 0.29) is 6.04 Å². The van der Waals surface area contributed by atoms with E-state index in [1.54, 1.807) is 0 Å². The van der Waals surface area contributed by atoms with Gasteiger partial charge in [-0.05, 0) is 24.6 Å². The smallest absolute Gasteiger partial charge is 0.0865 e. The average molecular weight is 299 g/mol. The van der Waals surface area contributed by atoms with Gasteiger partial charge in [0.2, 0.25) is 0 Å². The lowest BCUT2D eigenvalue weighted by molar-refractivity contribution is -0.0572. The number of hydrogen-bond acceptors (Lipinski definition) is 4. The zero-order chi connectivity index (χ0) is 14.8. The SMILES string of the molecule is C[C@@H](N)c1ccc(N(C)CC2(O)CCOCC2)c(Cl)c1. The first kappa shape index (κ1) is 15.6. The molecule has 112 valence electrons. The van der Waals surface area contributed by atoms with Gasteiger partial charge in [0.15, 0.2) is 0 Å². The molecule has 0 aromatic heterocycles. The van der Waals surface area contributed by atoms with E-state index in [9.17, 15) is 5.11 Å². The molecule has 0 amide bonds. The Balaban J connectivity index is 2.10. The summed E-state index contributed by atoms with van der Waals surface area (Å²) in [7, 11) is 1.94. The van der Waals surface area contributed by atoms with Crippen LogP contribution in [0.2, 0.25) is 5.02 Å². The largest absolute Gasteiger partial charge is 0.388 e. The number of benzene rings is 1. The van der Waals surface area contributed by atoms with E-state index in [1.165, 1.54) is 0 Å². The number of rotatable bonds is 4. The minimum Gasteiger partial charge on any atom is -0.388 e. The predicted molar refractivity (Wildman–Crippen MR) is 82.3 cm³/mol. The van der Waals surface area contributed by atoms with E-state index in [0.29, 0.717) is 37.6 Å². The fraction of sp³-hybridized carbons (Fsp3) is 0.600. The summed E-state index contributed by atoms with van der Waals surface area (Å²) in [5.74, 6) is 0. The monoisotopic (exact) mass is 298 g/mol. The van der Waals surface area contributed by atoms with E-state index >= 15 is 0 Å². The fourth-order valence-electron chi connectivity index (χ4n) is 2.55. The third kappa shape index (κ3) is 3.64. The Morgan fingerprint density at radius 2 is 2.10 bits per heavy atom. The predicted octanol–water partition coefficient (Wildman–Crippen LogP) is 2.34. The molecule has 5 heteroatoms. The Labute approximate surface area is 125 Å². The van der Waals surface area contributed by atoms with Crippen LogP contribution in [0.4, 0.5) is 5.69 Å². The van der Waals surface area contributed by atoms with Crippen molar-refractivity contribution in [2.45, 2.75) is 31.4 Å². The summed E-state index contributed by atoms with van der Waals surface area (Å²) in [6, 6.07) is 5.80. The Morgan fingerprint density at radius 1 is 1.45 bits per heavy atom. The van der Waals surface area contributed by atoms with Crippen molar-refractivity contribution in [1.82, 2.24) is 0 Å². The molecule has 0 aliphatic carbocycles. The van der Waals surface area contributed by atoms with E-state index in [1.807, 2.05) is 37.1 Å². The van der Waals surface area contributed by atoms with Crippen LogP contribution < -0.4 is 10.6 Å². The van der Waals surface area contributed by atoms with Crippen LogP contribution in [-0.2, 0) is 4.74 Å². The maximum atomic E-state index is 10.6. The van der Waals surface area contributed by atoms with E-state index in [4.69, 9.17) is 22.1 Å². The summed E-state index contributed by atoms with van der Waals surface area (Å²) in [5.41, 5.74) is 7.08. The van der Waals surface area contributed by atoms with Gasteiger partial charge in [0.1, 0.15) is 0 Å². The molecule has 1 saturated heterocycles. The lowest BCUT2D eigenvalue weighted by atomic mass is 9.93. The lowest BCUT2D eigenvalue weighted by Crippen LogP contribution is -2.45. The van der Waals surface area contributed by atoms with E-state index in [0.717, 1.165) is 11.3 Å². The molecular formula is C15H23ClN2O2. The normalized spacial score (nSPS) is 19.6. The van der Waals surface area contributed by atoms with Crippen LogP contribution in [0.15, 0.2) is 18.2 Å². The number of nitrogens with zero attached hydrogens (tertiary/aromatic N) is 1.